The lowest BCUT2D eigenvalue weighted by molar-refractivity contribution is -0.167. The minimum absolute atomic E-state index is 0.0223. The van der Waals surface area contributed by atoms with Gasteiger partial charge >= 0.3 is 6.18 Å². The third-order valence-corrected chi connectivity index (χ3v) is 9.20. The Morgan fingerprint density at radius 1 is 1.10 bits per heavy atom. The zero-order valence-electron chi connectivity index (χ0n) is 16.9. The van der Waals surface area contributed by atoms with E-state index in [4.69, 9.17) is 0 Å². The third kappa shape index (κ3) is 4.13. The number of nitrogens with one attached hydrogen (secondary N) is 3. The topological polar surface area (TPSA) is 53.2 Å². The van der Waals surface area contributed by atoms with Gasteiger partial charge in [-0.3, -0.25) is 15.4 Å². The Balaban J connectivity index is 1.32. The number of fused-ring (bicyclic) bond motifs is 3. The third-order valence-electron chi connectivity index (χ3n) is 6.50. The highest BCUT2D eigenvalue weighted by Crippen LogP contribution is 2.49. The predicted octanol–water partition coefficient (Wildman–Crippen LogP) is 4.04. The molecule has 7 unspecified atom stereocenters. The van der Waals surface area contributed by atoms with Gasteiger partial charge in [0.25, 0.3) is 0 Å². The fraction of sp³-hybridized carbons (Fsp3) is 0.500. The van der Waals surface area contributed by atoms with Crippen LogP contribution in [0.3, 0.4) is 0 Å². The molecule has 0 saturated carbocycles. The Kier molecular flexibility index (Phi) is 5.57. The van der Waals surface area contributed by atoms with Gasteiger partial charge in [0, 0.05) is 28.1 Å². The Hall–Kier alpha value is -1.55. The molecule has 7 atom stereocenters. The molecule has 0 aliphatic carbocycles. The van der Waals surface area contributed by atoms with Crippen LogP contribution in [0.1, 0.15) is 34.8 Å². The number of halogens is 3. The first-order chi connectivity index (χ1) is 14.8. The van der Waals surface area contributed by atoms with Gasteiger partial charge in [-0.15, -0.1) is 23.1 Å². The molecule has 0 bridgehead atoms. The van der Waals surface area contributed by atoms with Gasteiger partial charge in [-0.2, -0.15) is 13.2 Å². The predicted molar refractivity (Wildman–Crippen MR) is 117 cm³/mol. The highest BCUT2D eigenvalue weighted by Gasteiger charge is 2.57. The van der Waals surface area contributed by atoms with Crippen LogP contribution in [-0.2, 0) is 11.2 Å². The number of hydrogen-bond donors (Lipinski definition) is 3. The lowest BCUT2D eigenvalue weighted by Crippen LogP contribution is -2.62. The van der Waals surface area contributed by atoms with Crippen LogP contribution >= 0.6 is 23.1 Å². The number of thioether (sulfide) groups is 1. The van der Waals surface area contributed by atoms with E-state index in [0.717, 1.165) is 11.3 Å². The minimum Gasteiger partial charge on any atom is -0.335 e. The Bertz CT molecular complexity index is 951. The maximum absolute atomic E-state index is 13.3. The largest absolute Gasteiger partial charge is 0.403 e. The van der Waals surface area contributed by atoms with Crippen LogP contribution in [0.25, 0.3) is 0 Å². The minimum atomic E-state index is -4.27. The van der Waals surface area contributed by atoms with E-state index in [9.17, 15) is 18.0 Å². The highest BCUT2D eigenvalue weighted by atomic mass is 32.2. The molecule has 3 fully saturated rings. The smallest absolute Gasteiger partial charge is 0.335 e. The van der Waals surface area contributed by atoms with Crippen LogP contribution < -0.4 is 16.0 Å². The molecule has 4 heterocycles. The lowest BCUT2D eigenvalue weighted by atomic mass is 9.78. The van der Waals surface area contributed by atoms with Gasteiger partial charge in [0.05, 0.1) is 5.37 Å². The van der Waals surface area contributed by atoms with Gasteiger partial charge in [-0.05, 0) is 30.0 Å². The first-order valence-electron chi connectivity index (χ1n) is 10.5. The van der Waals surface area contributed by atoms with Crippen LogP contribution in [0.5, 0.6) is 0 Å². The summed E-state index contributed by atoms with van der Waals surface area (Å²) in [6, 6.07) is 12.7. The summed E-state index contributed by atoms with van der Waals surface area (Å²) in [5.74, 6) is -0.244. The van der Waals surface area contributed by atoms with Crippen molar-refractivity contribution < 1.29 is 18.0 Å². The molecule has 1 aromatic heterocycles. The molecule has 3 aliphatic rings. The molecule has 9 heteroatoms. The Morgan fingerprint density at radius 3 is 2.61 bits per heavy atom. The summed E-state index contributed by atoms with van der Waals surface area (Å²) in [4.78, 5) is 15.1. The van der Waals surface area contributed by atoms with Crippen LogP contribution in [0, 0.1) is 11.8 Å². The molecule has 3 saturated heterocycles. The molecule has 1 aromatic carbocycles. The zero-order valence-corrected chi connectivity index (χ0v) is 18.5. The van der Waals surface area contributed by atoms with Gasteiger partial charge < -0.3 is 5.32 Å². The van der Waals surface area contributed by atoms with Crippen molar-refractivity contribution >= 4 is 29.0 Å². The molecule has 0 radical (unpaired) electrons. The second-order valence-electron chi connectivity index (χ2n) is 8.63. The second kappa shape index (κ2) is 8.10. The molecular weight excluding hydrogens is 443 g/mol. The van der Waals surface area contributed by atoms with Crippen molar-refractivity contribution in [3.8, 4) is 0 Å². The standard InChI is InChI=1S/C22H24F3N3OS2/c1-11-9-15(22(23,24)25)26-21-16(11)17-18(31-21)20(29)28-19(27-17)14-8-7-13(30-14)10-12-5-3-2-4-6-12/h2-8,11,15-19,21,26-27H,9-10H2,1H3,(H,28,29). The van der Waals surface area contributed by atoms with Crippen LogP contribution in [0.15, 0.2) is 42.5 Å². The van der Waals surface area contributed by atoms with E-state index in [1.807, 2.05) is 31.2 Å². The van der Waals surface area contributed by atoms with Gasteiger partial charge in [0.2, 0.25) is 5.91 Å². The summed E-state index contributed by atoms with van der Waals surface area (Å²) in [5, 5.41) is 8.61. The van der Waals surface area contributed by atoms with Crippen molar-refractivity contribution in [2.24, 2.45) is 11.8 Å². The van der Waals surface area contributed by atoms with Crippen molar-refractivity contribution in [3.63, 3.8) is 0 Å². The van der Waals surface area contributed by atoms with Gasteiger partial charge in [0.1, 0.15) is 17.5 Å². The first kappa shape index (κ1) is 21.3. The number of hydrogen-bond acceptors (Lipinski definition) is 5. The summed E-state index contributed by atoms with van der Waals surface area (Å²) in [6.45, 7) is 1.88. The number of carbonyl (C=O) groups is 1. The van der Waals surface area contributed by atoms with Crippen LogP contribution in [-0.4, -0.2) is 34.8 Å². The average molecular weight is 468 g/mol. The molecule has 31 heavy (non-hydrogen) atoms. The van der Waals surface area contributed by atoms with Gasteiger partial charge in [0.15, 0.2) is 0 Å². The van der Waals surface area contributed by atoms with E-state index in [1.54, 1.807) is 11.3 Å². The van der Waals surface area contributed by atoms with Crippen molar-refractivity contribution in [1.82, 2.24) is 16.0 Å². The number of piperidine rings is 1. The average Bonchev–Trinajstić information content (AvgIpc) is 3.33. The molecule has 5 rings (SSSR count). The molecular formula is C22H24F3N3OS2. The quantitative estimate of drug-likeness (QED) is 0.638. The molecule has 2 aromatic rings. The number of thiophene rings is 1. The number of amides is 1. The normalized spacial score (nSPS) is 35.4. The van der Waals surface area contributed by atoms with Crippen LogP contribution in [0.4, 0.5) is 13.2 Å². The first-order valence-corrected chi connectivity index (χ1v) is 12.2. The molecule has 0 spiro atoms. The van der Waals surface area contributed by atoms with E-state index in [-0.39, 0.29) is 47.0 Å². The summed E-state index contributed by atoms with van der Waals surface area (Å²) >= 11 is 2.99. The van der Waals surface area contributed by atoms with Crippen molar-refractivity contribution in [2.75, 3.05) is 0 Å². The summed E-state index contributed by atoms with van der Waals surface area (Å²) in [5.41, 5.74) is 1.23. The SMILES string of the molecule is CC1CC(C(F)(F)F)NC2SC3C(=O)NC(c4ccc(Cc5ccccc5)s4)NC3C12. The Morgan fingerprint density at radius 2 is 1.87 bits per heavy atom. The molecule has 4 nitrogen and oxygen atoms in total. The highest BCUT2D eigenvalue weighted by molar-refractivity contribution is 8.01. The summed E-state index contributed by atoms with van der Waals surface area (Å²) < 4.78 is 39.9. The number of rotatable bonds is 3. The summed E-state index contributed by atoms with van der Waals surface area (Å²) in [7, 11) is 0. The van der Waals surface area contributed by atoms with Crippen LogP contribution in [0.2, 0.25) is 0 Å². The zero-order chi connectivity index (χ0) is 21.8. The van der Waals surface area contributed by atoms with Crippen molar-refractivity contribution in [3.05, 3.63) is 57.8 Å². The maximum Gasteiger partial charge on any atom is 0.403 e. The van der Waals surface area contributed by atoms with Gasteiger partial charge in [-0.25, -0.2) is 0 Å². The van der Waals surface area contributed by atoms with E-state index in [0.29, 0.717) is 0 Å². The fourth-order valence-corrected chi connectivity index (χ4v) is 7.88. The monoisotopic (exact) mass is 467 g/mol. The fourth-order valence-electron chi connectivity index (χ4n) is 5.03. The number of benzene rings is 1. The molecule has 3 N–H and O–H groups in total. The number of carbonyl (C=O) groups excluding carboxylic acids is 1. The Labute approximate surface area is 187 Å². The van der Waals surface area contributed by atoms with Crippen molar-refractivity contribution in [1.29, 1.82) is 0 Å². The second-order valence-corrected chi connectivity index (χ2v) is 11.1. The molecule has 3 aliphatic heterocycles. The maximum atomic E-state index is 13.3. The van der Waals surface area contributed by atoms with E-state index >= 15 is 0 Å². The molecule has 166 valence electrons. The molecule has 1 amide bonds. The van der Waals surface area contributed by atoms with Crippen molar-refractivity contribution in [2.45, 2.75) is 54.8 Å². The number of alkyl halides is 3. The lowest BCUT2D eigenvalue weighted by Gasteiger charge is -2.42. The van der Waals surface area contributed by atoms with E-state index in [1.165, 1.54) is 22.2 Å². The van der Waals surface area contributed by atoms with Gasteiger partial charge in [-0.1, -0.05) is 37.3 Å². The van der Waals surface area contributed by atoms with E-state index < -0.39 is 12.2 Å². The summed E-state index contributed by atoms with van der Waals surface area (Å²) in [6.07, 6.45) is -3.70. The van der Waals surface area contributed by atoms with E-state index in [2.05, 4.69) is 34.1 Å².